The molecule has 84 valence electrons. The second-order valence-corrected chi connectivity index (χ2v) is 6.22. The van der Waals surface area contributed by atoms with Gasteiger partial charge in [0.2, 0.25) is 0 Å². The average molecular weight is 282 g/mol. The van der Waals surface area contributed by atoms with Crippen LogP contribution in [0.2, 0.25) is 0 Å². The van der Waals surface area contributed by atoms with E-state index in [1.807, 2.05) is 0 Å². The Morgan fingerprint density at radius 3 is 2.50 bits per heavy atom. The fourth-order valence-electron chi connectivity index (χ4n) is 0.633. The van der Waals surface area contributed by atoms with Crippen LogP contribution in [0.15, 0.2) is 12.7 Å². The highest BCUT2D eigenvalue weighted by Crippen LogP contribution is 2.43. The summed E-state index contributed by atoms with van der Waals surface area (Å²) in [6, 6.07) is 0. The molecular formula is C7H12Cl3O3P. The van der Waals surface area contributed by atoms with Crippen LogP contribution in [0.25, 0.3) is 0 Å². The topological polar surface area (TPSA) is 46.5 Å². The van der Waals surface area contributed by atoms with Crippen LogP contribution in [0.5, 0.6) is 0 Å². The van der Waals surface area contributed by atoms with E-state index in [4.69, 9.17) is 39.7 Å². The van der Waals surface area contributed by atoms with Gasteiger partial charge in [-0.2, -0.15) is 0 Å². The zero-order valence-corrected chi connectivity index (χ0v) is 10.6. The van der Waals surface area contributed by atoms with Crippen molar-refractivity contribution in [1.82, 2.24) is 0 Å². The van der Waals surface area contributed by atoms with Gasteiger partial charge in [-0.25, -0.2) is 0 Å². The van der Waals surface area contributed by atoms with Crippen molar-refractivity contribution >= 4 is 42.4 Å². The first kappa shape index (κ1) is 14.8. The number of allylic oxidation sites excluding steroid dienone is 1. The van der Waals surface area contributed by atoms with Gasteiger partial charge in [0.05, 0.1) is 17.4 Å². The monoisotopic (exact) mass is 280 g/mol. The predicted octanol–water partition coefficient (Wildman–Crippen LogP) is 3.18. The molecule has 0 spiro atoms. The lowest BCUT2D eigenvalue weighted by molar-refractivity contribution is 0.260. The first-order chi connectivity index (χ1) is 6.43. The highest BCUT2D eigenvalue weighted by molar-refractivity contribution is 7.54. The quantitative estimate of drug-likeness (QED) is 0.443. The summed E-state index contributed by atoms with van der Waals surface area (Å²) in [7, 11) is -3.69. The van der Waals surface area contributed by atoms with Crippen molar-refractivity contribution in [3.8, 4) is 0 Å². The molecule has 0 amide bonds. The summed E-state index contributed by atoms with van der Waals surface area (Å²) in [6.07, 6.45) is 2.13. The van der Waals surface area contributed by atoms with E-state index in [1.54, 1.807) is 6.08 Å². The Kier molecular flexibility index (Phi) is 7.49. The molecule has 0 saturated heterocycles. The summed E-state index contributed by atoms with van der Waals surface area (Å²) >= 11 is 16.8. The molecule has 3 unspecified atom stereocenters. The van der Waals surface area contributed by atoms with Gasteiger partial charge in [-0.15, -0.1) is 41.4 Å². The van der Waals surface area contributed by atoms with Gasteiger partial charge in [-0.1, -0.05) is 6.08 Å². The van der Waals surface area contributed by atoms with E-state index in [0.29, 0.717) is 6.42 Å². The van der Waals surface area contributed by atoms with Gasteiger partial charge >= 0.3 is 7.60 Å². The molecule has 0 aromatic heterocycles. The van der Waals surface area contributed by atoms with Crippen molar-refractivity contribution in [2.24, 2.45) is 0 Å². The molecule has 1 N–H and O–H groups in total. The minimum Gasteiger partial charge on any atom is -0.323 e. The Morgan fingerprint density at radius 2 is 2.07 bits per heavy atom. The van der Waals surface area contributed by atoms with Crippen LogP contribution in [0.3, 0.4) is 0 Å². The number of alkyl halides is 3. The summed E-state index contributed by atoms with van der Waals surface area (Å²) in [5.74, 6) is 0. The van der Waals surface area contributed by atoms with Crippen molar-refractivity contribution < 1.29 is 14.0 Å². The molecule has 0 heterocycles. The van der Waals surface area contributed by atoms with Crippen LogP contribution in [0.1, 0.15) is 6.42 Å². The first-order valence-electron chi connectivity index (χ1n) is 3.84. The van der Waals surface area contributed by atoms with E-state index in [9.17, 15) is 4.57 Å². The molecule has 0 radical (unpaired) electrons. The highest BCUT2D eigenvalue weighted by atomic mass is 35.5. The van der Waals surface area contributed by atoms with Crippen molar-refractivity contribution in [3.63, 3.8) is 0 Å². The predicted molar refractivity (Wildman–Crippen MR) is 60.6 cm³/mol. The Morgan fingerprint density at radius 1 is 1.50 bits per heavy atom. The molecule has 0 rings (SSSR count). The maximum Gasteiger partial charge on any atom is 0.342 e. The third-order valence-corrected chi connectivity index (χ3v) is 4.17. The second kappa shape index (κ2) is 7.10. The maximum atomic E-state index is 10.9. The lowest BCUT2D eigenvalue weighted by Crippen LogP contribution is -2.20. The molecule has 0 aromatic carbocycles. The molecule has 0 aromatic rings. The van der Waals surface area contributed by atoms with Gasteiger partial charge in [0.25, 0.3) is 0 Å². The molecule has 0 aliphatic rings. The summed E-state index contributed by atoms with van der Waals surface area (Å²) in [5, 5.41) is -0.914. The minimum absolute atomic E-state index is 0.107. The average Bonchev–Trinajstić information content (AvgIpc) is 2.15. The molecule has 0 aliphatic heterocycles. The molecule has 3 atom stereocenters. The van der Waals surface area contributed by atoms with E-state index in [-0.39, 0.29) is 12.0 Å². The fourth-order valence-corrected chi connectivity index (χ4v) is 1.76. The zero-order chi connectivity index (χ0) is 11.2. The van der Waals surface area contributed by atoms with E-state index in [2.05, 4.69) is 11.1 Å². The van der Waals surface area contributed by atoms with Crippen LogP contribution in [0.4, 0.5) is 0 Å². The van der Waals surface area contributed by atoms with Crippen LogP contribution < -0.4 is 0 Å². The molecule has 0 bridgehead atoms. The Labute approximate surface area is 98.5 Å². The van der Waals surface area contributed by atoms with Gasteiger partial charge in [0.1, 0.15) is 5.62 Å². The van der Waals surface area contributed by atoms with Crippen LogP contribution >= 0.6 is 42.4 Å². The van der Waals surface area contributed by atoms with Crippen molar-refractivity contribution in [2.45, 2.75) is 17.2 Å². The molecule has 7 heteroatoms. The smallest absolute Gasteiger partial charge is 0.323 e. The lowest BCUT2D eigenvalue weighted by atomic mass is 10.2. The Hall–Kier alpha value is 0.760. The molecule has 0 saturated carbocycles. The van der Waals surface area contributed by atoms with Crippen molar-refractivity contribution in [1.29, 1.82) is 0 Å². The van der Waals surface area contributed by atoms with E-state index >= 15 is 0 Å². The lowest BCUT2D eigenvalue weighted by Gasteiger charge is -2.16. The van der Waals surface area contributed by atoms with Gasteiger partial charge in [-0.05, 0) is 6.42 Å². The van der Waals surface area contributed by atoms with Crippen LogP contribution in [-0.2, 0) is 9.09 Å². The molecule has 0 aliphatic carbocycles. The largest absolute Gasteiger partial charge is 0.342 e. The van der Waals surface area contributed by atoms with E-state index in [1.165, 1.54) is 0 Å². The van der Waals surface area contributed by atoms with Gasteiger partial charge in [-0.3, -0.25) is 4.57 Å². The molecule has 3 nitrogen and oxygen atoms in total. The summed E-state index contributed by atoms with van der Waals surface area (Å²) in [5.41, 5.74) is -0.453. The van der Waals surface area contributed by atoms with Crippen LogP contribution in [-0.4, -0.2) is 27.9 Å². The summed E-state index contributed by atoms with van der Waals surface area (Å²) < 4.78 is 15.6. The zero-order valence-electron chi connectivity index (χ0n) is 7.41. The van der Waals surface area contributed by atoms with E-state index < -0.39 is 18.6 Å². The van der Waals surface area contributed by atoms with Gasteiger partial charge in [0.15, 0.2) is 0 Å². The standard InChI is InChI=1S/C7H12Cl3O3P/c1-2-3-6(9)7(10)4-13-14(11,12)5-8/h2,6-7H,1,3-5H2,(H,11,12). The summed E-state index contributed by atoms with van der Waals surface area (Å²) in [6.45, 7) is 3.39. The van der Waals surface area contributed by atoms with Gasteiger partial charge in [0, 0.05) is 0 Å². The number of halogens is 3. The van der Waals surface area contributed by atoms with Crippen molar-refractivity contribution in [3.05, 3.63) is 12.7 Å². The molecular weight excluding hydrogens is 269 g/mol. The maximum absolute atomic E-state index is 10.9. The SMILES string of the molecule is C=CCC(Cl)C(Cl)COP(=O)(O)CCl. The van der Waals surface area contributed by atoms with Gasteiger partial charge < -0.3 is 9.42 Å². The number of rotatable bonds is 7. The number of hydrogen-bond acceptors (Lipinski definition) is 2. The van der Waals surface area contributed by atoms with Crippen molar-refractivity contribution in [2.75, 3.05) is 12.2 Å². The van der Waals surface area contributed by atoms with E-state index in [0.717, 1.165) is 0 Å². The fraction of sp³-hybridized carbons (Fsp3) is 0.714. The molecule has 0 fully saturated rings. The second-order valence-electron chi connectivity index (χ2n) is 2.61. The third-order valence-electron chi connectivity index (χ3n) is 1.37. The third kappa shape index (κ3) is 6.28. The highest BCUT2D eigenvalue weighted by Gasteiger charge is 2.22. The Balaban J connectivity index is 3.89. The number of hydrogen-bond donors (Lipinski definition) is 1. The first-order valence-corrected chi connectivity index (χ1v) is 7.01. The van der Waals surface area contributed by atoms with Crippen LogP contribution in [0, 0.1) is 0 Å². The normalized spacial score (nSPS) is 19.7. The Bertz CT molecular complexity index is 224. The minimum atomic E-state index is -3.69. The molecule has 14 heavy (non-hydrogen) atoms. The summed E-state index contributed by atoms with van der Waals surface area (Å²) in [4.78, 5) is 8.96.